The van der Waals surface area contributed by atoms with Crippen LogP contribution in [0.1, 0.15) is 5.69 Å². The van der Waals surface area contributed by atoms with Gasteiger partial charge in [0.2, 0.25) is 11.3 Å². The van der Waals surface area contributed by atoms with E-state index in [-0.39, 0.29) is 23.1 Å². The van der Waals surface area contributed by atoms with E-state index in [4.69, 9.17) is 5.73 Å². The molecule has 2 aromatic heterocycles. The van der Waals surface area contributed by atoms with E-state index in [1.54, 1.807) is 6.07 Å². The van der Waals surface area contributed by atoms with Gasteiger partial charge in [-0.1, -0.05) is 12.1 Å². The number of rotatable bonds is 2. The van der Waals surface area contributed by atoms with Crippen molar-refractivity contribution in [2.45, 2.75) is 6.42 Å². The van der Waals surface area contributed by atoms with Gasteiger partial charge in [-0.25, -0.2) is 9.97 Å². The minimum Gasteiger partial charge on any atom is -0.369 e. The van der Waals surface area contributed by atoms with Crippen molar-refractivity contribution in [2.24, 2.45) is 5.73 Å². The zero-order valence-electron chi connectivity index (χ0n) is 9.66. The number of carbonyl (C=O) groups is 1. The molecule has 6 nitrogen and oxygen atoms in total. The van der Waals surface area contributed by atoms with E-state index in [0.717, 1.165) is 11.5 Å². The van der Waals surface area contributed by atoms with Crippen LogP contribution in [0.15, 0.2) is 29.1 Å². The fourth-order valence-electron chi connectivity index (χ4n) is 1.75. The largest absolute Gasteiger partial charge is 0.369 e. The molecule has 19 heavy (non-hydrogen) atoms. The van der Waals surface area contributed by atoms with Gasteiger partial charge < -0.3 is 5.73 Å². The Morgan fingerprint density at radius 3 is 2.58 bits per heavy atom. The minimum absolute atomic E-state index is 0.120. The SMILES string of the molecule is NC(=O)Cc1nsc2nc3ccccc3nc2c1=O. The van der Waals surface area contributed by atoms with E-state index in [2.05, 4.69) is 14.3 Å². The zero-order chi connectivity index (χ0) is 13.4. The molecule has 0 unspecified atom stereocenters. The normalized spacial score (nSPS) is 10.9. The molecule has 3 rings (SSSR count). The Kier molecular flexibility index (Phi) is 2.68. The number of nitrogens with zero attached hydrogens (tertiary/aromatic N) is 3. The van der Waals surface area contributed by atoms with E-state index < -0.39 is 5.91 Å². The van der Waals surface area contributed by atoms with Crippen molar-refractivity contribution in [1.82, 2.24) is 14.3 Å². The minimum atomic E-state index is -0.593. The van der Waals surface area contributed by atoms with Crippen LogP contribution in [0.25, 0.3) is 21.4 Å². The molecule has 2 N–H and O–H groups in total. The van der Waals surface area contributed by atoms with Crippen LogP contribution in [0.5, 0.6) is 0 Å². The third-order valence-electron chi connectivity index (χ3n) is 2.60. The Labute approximate surface area is 111 Å². The summed E-state index contributed by atoms with van der Waals surface area (Å²) in [4.78, 5) is 32.1. The zero-order valence-corrected chi connectivity index (χ0v) is 10.5. The molecule has 0 spiro atoms. The molecule has 0 aliphatic heterocycles. The van der Waals surface area contributed by atoms with Gasteiger partial charge in [0.1, 0.15) is 5.69 Å². The highest BCUT2D eigenvalue weighted by Crippen LogP contribution is 2.15. The average Bonchev–Trinajstić information content (AvgIpc) is 2.40. The lowest BCUT2D eigenvalue weighted by atomic mass is 10.2. The number of carbonyl (C=O) groups excluding carboxylic acids is 1. The molecule has 7 heteroatoms. The van der Waals surface area contributed by atoms with Crippen LogP contribution in [-0.2, 0) is 11.2 Å². The van der Waals surface area contributed by atoms with Crippen LogP contribution in [0.4, 0.5) is 0 Å². The highest BCUT2D eigenvalue weighted by molar-refractivity contribution is 7.12. The maximum atomic E-state index is 12.1. The second-order valence-corrected chi connectivity index (χ2v) is 4.72. The number of amides is 1. The Hall–Kier alpha value is -2.41. The number of aromatic nitrogens is 3. The van der Waals surface area contributed by atoms with Crippen molar-refractivity contribution in [3.63, 3.8) is 0 Å². The third kappa shape index (κ3) is 2.04. The first-order valence-corrected chi connectivity index (χ1v) is 6.26. The Bertz CT molecular complexity index is 859. The predicted octanol–water partition coefficient (Wildman–Crippen LogP) is 0.627. The number of benzene rings is 1. The standard InChI is InChI=1S/C12H8N4O2S/c13-9(17)5-8-11(18)10-12(19-16-8)15-7-4-2-1-3-6(7)14-10/h1-4H,5H2,(H2,13,17). The van der Waals surface area contributed by atoms with Gasteiger partial charge in [-0.15, -0.1) is 0 Å². The summed E-state index contributed by atoms with van der Waals surface area (Å²) in [5, 5.41) is 0. The molecule has 0 atom stereocenters. The Morgan fingerprint density at radius 2 is 1.89 bits per heavy atom. The Morgan fingerprint density at radius 1 is 1.21 bits per heavy atom. The van der Waals surface area contributed by atoms with E-state index in [1.165, 1.54) is 0 Å². The molecule has 0 saturated carbocycles. The van der Waals surface area contributed by atoms with E-state index >= 15 is 0 Å². The molecule has 0 aliphatic carbocycles. The molecule has 0 radical (unpaired) electrons. The number of para-hydroxylation sites is 2. The molecule has 0 aliphatic rings. The number of nitrogens with two attached hydrogens (primary N) is 1. The maximum absolute atomic E-state index is 12.1. The van der Waals surface area contributed by atoms with Crippen molar-refractivity contribution in [3.8, 4) is 0 Å². The molecule has 2 heterocycles. The van der Waals surface area contributed by atoms with Crippen LogP contribution < -0.4 is 11.2 Å². The van der Waals surface area contributed by atoms with Crippen molar-refractivity contribution in [1.29, 1.82) is 0 Å². The molecular weight excluding hydrogens is 264 g/mol. The highest BCUT2D eigenvalue weighted by Gasteiger charge is 2.12. The summed E-state index contributed by atoms with van der Waals surface area (Å²) in [5.74, 6) is -0.593. The Balaban J connectivity index is 2.33. The summed E-state index contributed by atoms with van der Waals surface area (Å²) in [7, 11) is 0. The number of primary amides is 1. The van der Waals surface area contributed by atoms with Gasteiger partial charge in [-0.3, -0.25) is 9.59 Å². The first-order chi connectivity index (χ1) is 9.15. The van der Waals surface area contributed by atoms with Crippen LogP contribution in [0.2, 0.25) is 0 Å². The van der Waals surface area contributed by atoms with Gasteiger partial charge in [0.15, 0.2) is 10.3 Å². The van der Waals surface area contributed by atoms with Gasteiger partial charge in [0.25, 0.3) is 0 Å². The summed E-state index contributed by atoms with van der Waals surface area (Å²) >= 11 is 1.04. The second-order valence-electron chi connectivity index (χ2n) is 3.97. The molecule has 94 valence electrons. The third-order valence-corrected chi connectivity index (χ3v) is 3.37. The first-order valence-electron chi connectivity index (χ1n) is 5.49. The van der Waals surface area contributed by atoms with Crippen LogP contribution in [0, 0.1) is 0 Å². The van der Waals surface area contributed by atoms with Crippen LogP contribution in [0.3, 0.4) is 0 Å². The van der Waals surface area contributed by atoms with Gasteiger partial charge in [0, 0.05) is 0 Å². The maximum Gasteiger partial charge on any atom is 0.230 e. The lowest BCUT2D eigenvalue weighted by Gasteiger charge is -2.00. The molecular formula is C12H8N4O2S. The monoisotopic (exact) mass is 272 g/mol. The molecule has 1 aromatic carbocycles. The van der Waals surface area contributed by atoms with E-state index in [9.17, 15) is 9.59 Å². The van der Waals surface area contributed by atoms with Gasteiger partial charge in [-0.2, -0.15) is 4.37 Å². The smallest absolute Gasteiger partial charge is 0.230 e. The lowest BCUT2D eigenvalue weighted by Crippen LogP contribution is -2.21. The topological polar surface area (TPSA) is 98.8 Å². The predicted molar refractivity (Wildman–Crippen MR) is 71.9 cm³/mol. The van der Waals surface area contributed by atoms with Gasteiger partial charge >= 0.3 is 0 Å². The number of hydrogen-bond donors (Lipinski definition) is 1. The summed E-state index contributed by atoms with van der Waals surface area (Å²) in [6.07, 6.45) is -0.181. The first kappa shape index (κ1) is 11.7. The van der Waals surface area contributed by atoms with E-state index in [1.807, 2.05) is 18.2 Å². The molecule has 0 saturated heterocycles. The van der Waals surface area contributed by atoms with Crippen molar-refractivity contribution in [3.05, 3.63) is 40.2 Å². The number of fused-ring (bicyclic) bond motifs is 2. The quantitative estimate of drug-likeness (QED) is 0.690. The summed E-state index contributed by atoms with van der Waals surface area (Å²) in [6.45, 7) is 0. The summed E-state index contributed by atoms with van der Waals surface area (Å²) in [5.41, 5.74) is 6.39. The molecule has 3 aromatic rings. The summed E-state index contributed by atoms with van der Waals surface area (Å²) < 4.78 is 3.98. The number of hydrogen-bond acceptors (Lipinski definition) is 6. The summed E-state index contributed by atoms with van der Waals surface area (Å²) in [6, 6.07) is 7.26. The van der Waals surface area contributed by atoms with Crippen LogP contribution in [-0.4, -0.2) is 20.2 Å². The van der Waals surface area contributed by atoms with Gasteiger partial charge in [-0.05, 0) is 23.7 Å². The molecule has 0 fully saturated rings. The molecule has 1 amide bonds. The van der Waals surface area contributed by atoms with Crippen molar-refractivity contribution < 1.29 is 4.79 Å². The second kappa shape index (κ2) is 4.36. The van der Waals surface area contributed by atoms with E-state index in [0.29, 0.717) is 15.9 Å². The van der Waals surface area contributed by atoms with Crippen molar-refractivity contribution in [2.75, 3.05) is 0 Å². The average molecular weight is 272 g/mol. The highest BCUT2D eigenvalue weighted by atomic mass is 32.1. The molecule has 0 bridgehead atoms. The fourth-order valence-corrected chi connectivity index (χ4v) is 2.46. The van der Waals surface area contributed by atoms with Crippen LogP contribution >= 0.6 is 11.5 Å². The van der Waals surface area contributed by atoms with Gasteiger partial charge in [0.05, 0.1) is 17.5 Å². The fraction of sp³-hybridized carbons (Fsp3) is 0.0833. The lowest BCUT2D eigenvalue weighted by molar-refractivity contribution is -0.117. The van der Waals surface area contributed by atoms with Crippen molar-refractivity contribution >= 4 is 38.8 Å².